The van der Waals surface area contributed by atoms with E-state index in [9.17, 15) is 0 Å². The highest BCUT2D eigenvalue weighted by atomic mass is 16.4. The molecule has 0 aliphatic heterocycles. The minimum absolute atomic E-state index is 0.412. The van der Waals surface area contributed by atoms with Crippen LogP contribution in [-0.2, 0) is 0 Å². The van der Waals surface area contributed by atoms with Crippen LogP contribution in [0.1, 0.15) is 13.8 Å². The Hall–Kier alpha value is -0.120. The molecular weight excluding hydrogens is 108 g/mol. The lowest BCUT2D eigenvalue weighted by atomic mass is 10.0. The second-order valence-electron chi connectivity index (χ2n) is 2.19. The molecule has 0 bridgehead atoms. The largest absolute Gasteiger partial charge is 0.393 e. The van der Waals surface area contributed by atoms with Crippen LogP contribution < -0.4 is 0 Å². The van der Waals surface area contributed by atoms with Gasteiger partial charge in [0.2, 0.25) is 0 Å². The van der Waals surface area contributed by atoms with Crippen molar-refractivity contribution in [1.29, 1.82) is 0 Å². The minimum Gasteiger partial charge on any atom is -0.393 e. The van der Waals surface area contributed by atoms with E-state index in [-0.39, 0.29) is 0 Å². The lowest BCUT2D eigenvalue weighted by Gasteiger charge is -2.22. The summed E-state index contributed by atoms with van der Waals surface area (Å²) in [7, 11) is 0. The summed E-state index contributed by atoms with van der Waals surface area (Å²) in [6, 6.07) is 0. The molecule has 0 amide bonds. The first-order chi connectivity index (χ1) is 3.50. The number of aliphatic hydroxyl groups is 3. The summed E-state index contributed by atoms with van der Waals surface area (Å²) < 4.78 is 0. The van der Waals surface area contributed by atoms with E-state index < -0.39 is 18.3 Å². The van der Waals surface area contributed by atoms with Gasteiger partial charge in [-0.2, -0.15) is 0 Å². The van der Waals surface area contributed by atoms with Gasteiger partial charge in [-0.3, -0.25) is 0 Å². The summed E-state index contributed by atoms with van der Waals surface area (Å²) in [4.78, 5) is 0. The zero-order valence-corrected chi connectivity index (χ0v) is 5.13. The maximum atomic E-state index is 8.90. The van der Waals surface area contributed by atoms with Crippen LogP contribution in [0, 0.1) is 0 Å². The predicted octanol–water partition coefficient (Wildman–Crippen LogP) is -0.890. The minimum atomic E-state index is -1.35. The van der Waals surface area contributed by atoms with Gasteiger partial charge in [0, 0.05) is 0 Å². The van der Waals surface area contributed by atoms with E-state index in [1.165, 1.54) is 13.8 Å². The van der Waals surface area contributed by atoms with Crippen LogP contribution in [0.2, 0.25) is 0 Å². The molecule has 0 aromatic rings. The number of hydrogen-bond donors (Lipinski definition) is 3. The Morgan fingerprint density at radius 2 is 2.00 bits per heavy atom. The molecule has 0 saturated heterocycles. The molecule has 8 heavy (non-hydrogen) atoms. The maximum absolute atomic E-state index is 8.90. The molecule has 0 aromatic carbocycles. The first kappa shape index (κ1) is 7.88. The second-order valence-corrected chi connectivity index (χ2v) is 2.19. The molecule has 0 spiro atoms. The van der Waals surface area contributed by atoms with Crippen molar-refractivity contribution in [3.8, 4) is 0 Å². The highest BCUT2D eigenvalue weighted by Crippen LogP contribution is 2.06. The quantitative estimate of drug-likeness (QED) is 0.443. The van der Waals surface area contributed by atoms with E-state index in [4.69, 9.17) is 15.3 Å². The second kappa shape index (κ2) is 2.44. The average molecular weight is 120 g/mol. The summed E-state index contributed by atoms with van der Waals surface area (Å²) in [5, 5.41) is 25.9. The van der Waals surface area contributed by atoms with Crippen LogP contribution in [0.4, 0.5) is 0 Å². The Morgan fingerprint density at radius 3 is 2.00 bits per heavy atom. The van der Waals surface area contributed by atoms with Crippen LogP contribution >= 0.6 is 0 Å². The topological polar surface area (TPSA) is 60.7 Å². The molecule has 0 saturated carbocycles. The predicted molar refractivity (Wildman–Crippen MR) is 29.4 cm³/mol. The summed E-state index contributed by atoms with van der Waals surface area (Å²) in [5.41, 5.74) is -1.35. The van der Waals surface area contributed by atoms with E-state index in [0.717, 1.165) is 0 Å². The number of rotatable bonds is 2. The molecule has 0 aliphatic rings. The first-order valence-corrected chi connectivity index (χ1v) is 2.52. The molecule has 3 heteroatoms. The average Bonchev–Trinajstić information content (AvgIpc) is 1.67. The molecule has 3 N–H and O–H groups in total. The monoisotopic (exact) mass is 120 g/mol. The molecule has 50 valence electrons. The van der Waals surface area contributed by atoms with Gasteiger partial charge in [0.05, 0.1) is 12.7 Å². The Balaban J connectivity index is 3.71. The van der Waals surface area contributed by atoms with Crippen molar-refractivity contribution in [1.82, 2.24) is 0 Å². The van der Waals surface area contributed by atoms with Crippen LogP contribution in [0.25, 0.3) is 0 Å². The fraction of sp³-hybridized carbons (Fsp3) is 1.00. The van der Waals surface area contributed by atoms with Gasteiger partial charge in [-0.25, -0.2) is 0 Å². The summed E-state index contributed by atoms with van der Waals surface area (Å²) in [6.07, 6.45) is -0.882. The van der Waals surface area contributed by atoms with Crippen molar-refractivity contribution in [2.75, 3.05) is 6.61 Å². The molecule has 0 fully saturated rings. The van der Waals surface area contributed by atoms with Gasteiger partial charge in [-0.05, 0) is 13.8 Å². The van der Waals surface area contributed by atoms with Gasteiger partial charge in [0.25, 0.3) is 0 Å². The van der Waals surface area contributed by atoms with Crippen LogP contribution in [0.5, 0.6) is 0 Å². The Morgan fingerprint density at radius 1 is 1.62 bits per heavy atom. The Bertz CT molecular complexity index is 68.1. The molecule has 0 aliphatic carbocycles. The van der Waals surface area contributed by atoms with Crippen molar-refractivity contribution in [3.63, 3.8) is 0 Å². The summed E-state index contributed by atoms with van der Waals surface area (Å²) in [6.45, 7) is 2.39. The first-order valence-electron chi connectivity index (χ1n) is 2.52. The molecule has 3 nitrogen and oxygen atoms in total. The van der Waals surface area contributed by atoms with Gasteiger partial charge < -0.3 is 15.3 Å². The van der Waals surface area contributed by atoms with Gasteiger partial charge >= 0.3 is 0 Å². The van der Waals surface area contributed by atoms with Crippen molar-refractivity contribution in [2.24, 2.45) is 0 Å². The normalized spacial score (nSPS) is 22.1. The van der Waals surface area contributed by atoms with Crippen molar-refractivity contribution >= 4 is 0 Å². The third-order valence-electron chi connectivity index (χ3n) is 1.22. The van der Waals surface area contributed by atoms with Gasteiger partial charge in [0.15, 0.2) is 0 Å². The van der Waals surface area contributed by atoms with Crippen molar-refractivity contribution in [2.45, 2.75) is 25.6 Å². The summed E-state index contributed by atoms with van der Waals surface area (Å²) in [5.74, 6) is 0. The maximum Gasteiger partial charge on any atom is 0.110 e. The molecule has 0 aromatic heterocycles. The van der Waals surface area contributed by atoms with Crippen molar-refractivity contribution in [3.05, 3.63) is 0 Å². The zero-order chi connectivity index (χ0) is 6.78. The number of hydrogen-bond acceptors (Lipinski definition) is 3. The molecule has 0 rings (SSSR count). The Kier molecular flexibility index (Phi) is 2.40. The fourth-order valence-electron chi connectivity index (χ4n) is 0.132. The molecule has 0 radical (unpaired) electrons. The van der Waals surface area contributed by atoms with E-state index in [1.54, 1.807) is 0 Å². The number of aliphatic hydroxyl groups excluding tert-OH is 2. The van der Waals surface area contributed by atoms with Crippen molar-refractivity contribution < 1.29 is 15.3 Å². The smallest absolute Gasteiger partial charge is 0.110 e. The SMILES string of the molecule is CC(O)C(C)(O)CO. The third-order valence-corrected chi connectivity index (χ3v) is 1.22. The third kappa shape index (κ3) is 1.78. The highest BCUT2D eigenvalue weighted by molar-refractivity contribution is 4.76. The van der Waals surface area contributed by atoms with Crippen LogP contribution in [-0.4, -0.2) is 33.6 Å². The van der Waals surface area contributed by atoms with Gasteiger partial charge in [-0.15, -0.1) is 0 Å². The molecule has 2 unspecified atom stereocenters. The van der Waals surface area contributed by atoms with Crippen LogP contribution in [0.3, 0.4) is 0 Å². The van der Waals surface area contributed by atoms with E-state index >= 15 is 0 Å². The van der Waals surface area contributed by atoms with Crippen LogP contribution in [0.15, 0.2) is 0 Å². The summed E-state index contributed by atoms with van der Waals surface area (Å²) >= 11 is 0. The molecular formula is C5H12O3. The molecule has 2 atom stereocenters. The molecule has 0 heterocycles. The lowest BCUT2D eigenvalue weighted by molar-refractivity contribution is -0.0839. The standard InChI is InChI=1S/C5H12O3/c1-4(7)5(2,8)3-6/h4,6-8H,3H2,1-2H3. The fourth-order valence-corrected chi connectivity index (χ4v) is 0.132. The Labute approximate surface area is 48.6 Å². The lowest BCUT2D eigenvalue weighted by Crippen LogP contribution is -2.40. The van der Waals surface area contributed by atoms with E-state index in [0.29, 0.717) is 0 Å². The zero-order valence-electron chi connectivity index (χ0n) is 5.13. The van der Waals surface area contributed by atoms with E-state index in [1.807, 2.05) is 0 Å². The highest BCUT2D eigenvalue weighted by Gasteiger charge is 2.24. The van der Waals surface area contributed by atoms with Gasteiger partial charge in [-0.1, -0.05) is 0 Å². The van der Waals surface area contributed by atoms with Gasteiger partial charge in [0.1, 0.15) is 5.60 Å². The van der Waals surface area contributed by atoms with E-state index in [2.05, 4.69) is 0 Å².